The maximum absolute atomic E-state index is 5.68. The molecular weight excluding hydrogens is 380 g/mol. The molecule has 0 radical (unpaired) electrons. The van der Waals surface area contributed by atoms with Crippen LogP contribution in [0.15, 0.2) is 59.8 Å². The zero-order valence-corrected chi connectivity index (χ0v) is 19.5. The van der Waals surface area contributed by atoms with Crippen molar-refractivity contribution >= 4 is 5.70 Å². The molecular formula is C28H36N2O. The van der Waals surface area contributed by atoms with Gasteiger partial charge in [0, 0.05) is 36.1 Å². The highest BCUT2D eigenvalue weighted by atomic mass is 16.5. The molecule has 1 heterocycles. The number of aryl methyl sites for hydroxylation is 2. The number of benzene rings is 2. The van der Waals surface area contributed by atoms with E-state index in [1.54, 1.807) is 7.11 Å². The Morgan fingerprint density at radius 3 is 2.74 bits per heavy atom. The first-order valence-corrected chi connectivity index (χ1v) is 11.7. The molecule has 0 saturated carbocycles. The van der Waals surface area contributed by atoms with Gasteiger partial charge in [0.25, 0.3) is 0 Å². The third kappa shape index (κ3) is 4.72. The summed E-state index contributed by atoms with van der Waals surface area (Å²) in [5.74, 6) is 1.05. The number of hydrogen-bond acceptors (Lipinski definition) is 3. The van der Waals surface area contributed by atoms with Crippen molar-refractivity contribution in [3.05, 3.63) is 82.1 Å². The van der Waals surface area contributed by atoms with Crippen LogP contribution < -0.4 is 10.1 Å². The second-order valence-corrected chi connectivity index (χ2v) is 8.94. The van der Waals surface area contributed by atoms with Gasteiger partial charge >= 0.3 is 0 Å². The van der Waals surface area contributed by atoms with Gasteiger partial charge in [0.15, 0.2) is 0 Å². The number of nitrogens with zero attached hydrogens (tertiary/aromatic N) is 1. The minimum Gasteiger partial charge on any atom is -0.496 e. The summed E-state index contributed by atoms with van der Waals surface area (Å²) in [4.78, 5) is 2.69. The lowest BCUT2D eigenvalue weighted by Crippen LogP contribution is -2.45. The predicted molar refractivity (Wildman–Crippen MR) is 130 cm³/mol. The Morgan fingerprint density at radius 2 is 1.97 bits per heavy atom. The SMILES string of the molecule is CC/C=C(/NC1=C(C)CCN(C2CCc3cccc(OC)c3C2)C1)c1ccccc1C. The molecule has 2 aromatic rings. The summed E-state index contributed by atoms with van der Waals surface area (Å²) in [6.45, 7) is 8.83. The van der Waals surface area contributed by atoms with Gasteiger partial charge in [0.05, 0.1) is 7.11 Å². The molecule has 1 aliphatic carbocycles. The lowest BCUT2D eigenvalue weighted by molar-refractivity contribution is 0.184. The minimum atomic E-state index is 0.575. The number of nitrogens with one attached hydrogen (secondary N) is 1. The van der Waals surface area contributed by atoms with Gasteiger partial charge in [0.2, 0.25) is 0 Å². The molecule has 1 unspecified atom stereocenters. The molecule has 3 heteroatoms. The maximum atomic E-state index is 5.68. The number of methoxy groups -OCH3 is 1. The molecule has 1 N–H and O–H groups in total. The Bertz CT molecular complexity index is 974. The molecule has 0 bridgehead atoms. The molecule has 31 heavy (non-hydrogen) atoms. The lowest BCUT2D eigenvalue weighted by atomic mass is 9.86. The van der Waals surface area contributed by atoms with Gasteiger partial charge < -0.3 is 10.1 Å². The standard InChI is InChI=1S/C28H36N2O/c1-5-9-26(24-12-7-6-10-20(24)2)29-27-19-30(17-16-21(27)3)23-15-14-22-11-8-13-28(31-4)25(22)18-23/h6-13,23,29H,5,14-19H2,1-4H3/b26-9+. The van der Waals surface area contributed by atoms with Crippen molar-refractivity contribution in [1.82, 2.24) is 10.2 Å². The average molecular weight is 417 g/mol. The van der Waals surface area contributed by atoms with Crippen LogP contribution in [0.4, 0.5) is 0 Å². The van der Waals surface area contributed by atoms with Crippen LogP contribution in [0.3, 0.4) is 0 Å². The van der Waals surface area contributed by atoms with Gasteiger partial charge in [-0.2, -0.15) is 0 Å². The molecule has 164 valence electrons. The van der Waals surface area contributed by atoms with Crippen molar-refractivity contribution in [2.24, 2.45) is 0 Å². The van der Waals surface area contributed by atoms with E-state index in [1.165, 1.54) is 45.6 Å². The van der Waals surface area contributed by atoms with Crippen molar-refractivity contribution in [3.63, 3.8) is 0 Å². The number of allylic oxidation sites excluding steroid dienone is 1. The molecule has 0 spiro atoms. The van der Waals surface area contributed by atoms with E-state index in [0.29, 0.717) is 6.04 Å². The lowest BCUT2D eigenvalue weighted by Gasteiger charge is -2.39. The number of fused-ring (bicyclic) bond motifs is 1. The normalized spacial score (nSPS) is 19.9. The van der Waals surface area contributed by atoms with Crippen LogP contribution in [0, 0.1) is 6.92 Å². The van der Waals surface area contributed by atoms with E-state index < -0.39 is 0 Å². The van der Waals surface area contributed by atoms with E-state index >= 15 is 0 Å². The Hall–Kier alpha value is -2.52. The third-order valence-electron chi connectivity index (χ3n) is 6.93. The summed E-state index contributed by atoms with van der Waals surface area (Å²) in [7, 11) is 1.79. The highest BCUT2D eigenvalue weighted by Gasteiger charge is 2.29. The molecule has 0 aromatic heterocycles. The average Bonchev–Trinajstić information content (AvgIpc) is 2.79. The zero-order chi connectivity index (χ0) is 21.8. The van der Waals surface area contributed by atoms with E-state index in [1.807, 2.05) is 0 Å². The van der Waals surface area contributed by atoms with E-state index in [9.17, 15) is 0 Å². The molecule has 4 rings (SSSR count). The second-order valence-electron chi connectivity index (χ2n) is 8.94. The third-order valence-corrected chi connectivity index (χ3v) is 6.93. The van der Waals surface area contributed by atoms with E-state index in [0.717, 1.165) is 44.5 Å². The number of hydrogen-bond donors (Lipinski definition) is 1. The Balaban J connectivity index is 1.52. The summed E-state index contributed by atoms with van der Waals surface area (Å²) in [5, 5.41) is 3.85. The van der Waals surface area contributed by atoms with Gasteiger partial charge in [-0.05, 0) is 68.7 Å². The quantitative estimate of drug-likeness (QED) is 0.636. The second kappa shape index (κ2) is 9.74. The Kier molecular flexibility index (Phi) is 6.82. The molecule has 0 saturated heterocycles. The Labute approximate surface area is 187 Å². The first kappa shape index (κ1) is 21.7. The van der Waals surface area contributed by atoms with Crippen LogP contribution in [-0.4, -0.2) is 31.1 Å². The summed E-state index contributed by atoms with van der Waals surface area (Å²) < 4.78 is 5.68. The summed E-state index contributed by atoms with van der Waals surface area (Å²) in [6, 6.07) is 15.8. The van der Waals surface area contributed by atoms with Crippen LogP contribution in [0.2, 0.25) is 0 Å². The van der Waals surface area contributed by atoms with Gasteiger partial charge in [-0.25, -0.2) is 0 Å². The molecule has 1 atom stereocenters. The Morgan fingerprint density at radius 1 is 1.13 bits per heavy atom. The van der Waals surface area contributed by atoms with Crippen LogP contribution in [-0.2, 0) is 12.8 Å². The van der Waals surface area contributed by atoms with Crippen molar-refractivity contribution in [2.45, 2.75) is 58.9 Å². The van der Waals surface area contributed by atoms with Crippen molar-refractivity contribution in [3.8, 4) is 5.75 Å². The number of ether oxygens (including phenoxy) is 1. The molecule has 1 aliphatic heterocycles. The first-order chi connectivity index (χ1) is 15.1. The van der Waals surface area contributed by atoms with Gasteiger partial charge in [0.1, 0.15) is 5.75 Å². The zero-order valence-electron chi connectivity index (χ0n) is 19.5. The minimum absolute atomic E-state index is 0.575. The molecule has 2 aliphatic rings. The van der Waals surface area contributed by atoms with Crippen molar-refractivity contribution < 1.29 is 4.74 Å². The summed E-state index contributed by atoms with van der Waals surface area (Å²) >= 11 is 0. The largest absolute Gasteiger partial charge is 0.496 e. The maximum Gasteiger partial charge on any atom is 0.122 e. The van der Waals surface area contributed by atoms with Gasteiger partial charge in [-0.15, -0.1) is 0 Å². The van der Waals surface area contributed by atoms with Crippen LogP contribution in [0.1, 0.15) is 55.4 Å². The summed E-state index contributed by atoms with van der Waals surface area (Å²) in [6.07, 6.45) is 7.92. The highest BCUT2D eigenvalue weighted by Crippen LogP contribution is 2.33. The highest BCUT2D eigenvalue weighted by molar-refractivity contribution is 5.68. The van der Waals surface area contributed by atoms with Crippen LogP contribution in [0.25, 0.3) is 5.70 Å². The fraction of sp³-hybridized carbons (Fsp3) is 0.429. The van der Waals surface area contributed by atoms with Crippen LogP contribution in [0.5, 0.6) is 5.75 Å². The smallest absolute Gasteiger partial charge is 0.122 e. The van der Waals surface area contributed by atoms with E-state index in [-0.39, 0.29) is 0 Å². The predicted octanol–water partition coefficient (Wildman–Crippen LogP) is 5.88. The van der Waals surface area contributed by atoms with E-state index in [4.69, 9.17) is 4.74 Å². The molecule has 0 fully saturated rings. The summed E-state index contributed by atoms with van der Waals surface area (Å²) in [5.41, 5.74) is 9.60. The first-order valence-electron chi connectivity index (χ1n) is 11.7. The van der Waals surface area contributed by atoms with E-state index in [2.05, 4.69) is 79.5 Å². The van der Waals surface area contributed by atoms with Gasteiger partial charge in [-0.1, -0.05) is 55.0 Å². The van der Waals surface area contributed by atoms with Gasteiger partial charge in [-0.3, -0.25) is 4.90 Å². The van der Waals surface area contributed by atoms with Crippen molar-refractivity contribution in [1.29, 1.82) is 0 Å². The van der Waals surface area contributed by atoms with Crippen molar-refractivity contribution in [2.75, 3.05) is 20.2 Å². The van der Waals surface area contributed by atoms with Crippen LogP contribution >= 0.6 is 0 Å². The fourth-order valence-electron chi connectivity index (χ4n) is 5.05. The molecule has 3 nitrogen and oxygen atoms in total. The topological polar surface area (TPSA) is 24.5 Å². The monoisotopic (exact) mass is 416 g/mol. The number of rotatable bonds is 6. The molecule has 0 amide bonds. The molecule has 2 aromatic carbocycles. The fourth-order valence-corrected chi connectivity index (χ4v) is 5.05.